The first-order valence-corrected chi connectivity index (χ1v) is 9.92. The van der Waals surface area contributed by atoms with Crippen LogP contribution in [-0.4, -0.2) is 30.5 Å². The second kappa shape index (κ2) is 10.1. The average Bonchev–Trinajstić information content (AvgIpc) is 3.17. The molecule has 0 aliphatic carbocycles. The van der Waals surface area contributed by atoms with E-state index >= 15 is 0 Å². The molecule has 4 rings (SSSR count). The third-order valence-electron chi connectivity index (χ3n) is 4.92. The molecule has 152 valence electrons. The van der Waals surface area contributed by atoms with Crippen LogP contribution in [0, 0.1) is 5.92 Å². The molecule has 1 atom stereocenters. The number of carbonyl (C=O) groups excluding carboxylic acids is 1. The molecular formula is C23H22N5NaO2. The van der Waals surface area contributed by atoms with Gasteiger partial charge in [-0.25, -0.2) is 4.98 Å². The Labute approximate surface area is 202 Å². The van der Waals surface area contributed by atoms with Gasteiger partial charge in [-0.3, -0.25) is 9.38 Å². The quantitative estimate of drug-likeness (QED) is 0.371. The van der Waals surface area contributed by atoms with E-state index < -0.39 is 11.9 Å². The Morgan fingerprint density at radius 2 is 1.84 bits per heavy atom. The number of hydrogen-bond donors (Lipinski definition) is 0. The number of pyridine rings is 1. The minimum atomic E-state index is -1.20. The number of carboxylic acid groups (broad SMARTS) is 1. The van der Waals surface area contributed by atoms with E-state index in [0.29, 0.717) is 23.8 Å². The number of nitrogens with zero attached hydrogens (tertiary/aromatic N) is 5. The molecule has 1 unspecified atom stereocenters. The van der Waals surface area contributed by atoms with Gasteiger partial charge >= 0.3 is 29.6 Å². The van der Waals surface area contributed by atoms with Crippen LogP contribution in [0.3, 0.4) is 0 Å². The van der Waals surface area contributed by atoms with E-state index in [1.54, 1.807) is 22.9 Å². The van der Waals surface area contributed by atoms with E-state index in [4.69, 9.17) is 4.98 Å². The van der Waals surface area contributed by atoms with E-state index in [-0.39, 0.29) is 36.0 Å². The molecule has 7 nitrogen and oxygen atoms in total. The van der Waals surface area contributed by atoms with Gasteiger partial charge in [0, 0.05) is 24.2 Å². The summed E-state index contributed by atoms with van der Waals surface area (Å²) >= 11 is 0. The van der Waals surface area contributed by atoms with Gasteiger partial charge < -0.3 is 9.90 Å². The Morgan fingerprint density at radius 1 is 1.06 bits per heavy atom. The molecule has 0 saturated carbocycles. The SMILES string of the molecule is CC(C)Cc1nc(-c2ccccc2)cn2c(C(Cc3cccnc3)C(=O)[O-])nnc12.[Na+]. The number of hydrogen-bond acceptors (Lipinski definition) is 6. The maximum absolute atomic E-state index is 12.0. The molecule has 3 heterocycles. The molecule has 1 aromatic carbocycles. The summed E-state index contributed by atoms with van der Waals surface area (Å²) in [7, 11) is 0. The van der Waals surface area contributed by atoms with E-state index in [9.17, 15) is 9.90 Å². The fourth-order valence-electron chi connectivity index (χ4n) is 3.52. The smallest absolute Gasteiger partial charge is 0.549 e. The predicted octanol–water partition coefficient (Wildman–Crippen LogP) is -0.535. The van der Waals surface area contributed by atoms with Crippen molar-refractivity contribution in [2.75, 3.05) is 0 Å². The molecule has 3 aromatic heterocycles. The van der Waals surface area contributed by atoms with Gasteiger partial charge in [-0.2, -0.15) is 0 Å². The summed E-state index contributed by atoms with van der Waals surface area (Å²) in [5.74, 6) is -1.46. The summed E-state index contributed by atoms with van der Waals surface area (Å²) in [5.41, 5.74) is 3.86. The number of benzene rings is 1. The van der Waals surface area contributed by atoms with Crippen molar-refractivity contribution in [1.82, 2.24) is 24.6 Å². The van der Waals surface area contributed by atoms with Gasteiger partial charge in [-0.1, -0.05) is 50.2 Å². The van der Waals surface area contributed by atoms with E-state index in [2.05, 4.69) is 29.0 Å². The van der Waals surface area contributed by atoms with Gasteiger partial charge in [-0.05, 0) is 30.4 Å². The fourth-order valence-corrected chi connectivity index (χ4v) is 3.52. The van der Waals surface area contributed by atoms with Crippen LogP contribution in [-0.2, 0) is 17.6 Å². The normalized spacial score (nSPS) is 12.0. The molecule has 31 heavy (non-hydrogen) atoms. The van der Waals surface area contributed by atoms with Crippen molar-refractivity contribution in [2.45, 2.75) is 32.6 Å². The van der Waals surface area contributed by atoms with Crippen molar-refractivity contribution in [3.8, 4) is 11.3 Å². The van der Waals surface area contributed by atoms with Gasteiger partial charge in [0.25, 0.3) is 0 Å². The topological polar surface area (TPSA) is 96.1 Å². The van der Waals surface area contributed by atoms with Crippen molar-refractivity contribution in [2.24, 2.45) is 5.92 Å². The van der Waals surface area contributed by atoms with Gasteiger partial charge in [0.15, 0.2) is 5.65 Å². The van der Waals surface area contributed by atoms with E-state index in [0.717, 1.165) is 22.5 Å². The Morgan fingerprint density at radius 3 is 2.48 bits per heavy atom. The molecule has 0 bridgehead atoms. The van der Waals surface area contributed by atoms with Crippen molar-refractivity contribution >= 4 is 11.6 Å². The molecule has 0 spiro atoms. The minimum absolute atomic E-state index is 0. The van der Waals surface area contributed by atoms with Crippen LogP contribution in [0.2, 0.25) is 0 Å². The zero-order valence-corrected chi connectivity index (χ0v) is 19.9. The molecule has 0 radical (unpaired) electrons. The average molecular weight is 423 g/mol. The maximum Gasteiger partial charge on any atom is 1.00 e. The monoisotopic (exact) mass is 423 g/mol. The Hall–Kier alpha value is -2.61. The number of aromatic nitrogens is 5. The van der Waals surface area contributed by atoms with Crippen LogP contribution >= 0.6 is 0 Å². The van der Waals surface area contributed by atoms with Gasteiger partial charge in [0.1, 0.15) is 5.82 Å². The van der Waals surface area contributed by atoms with Crippen LogP contribution in [0.1, 0.15) is 36.8 Å². The molecule has 0 aliphatic rings. The molecule has 0 N–H and O–H groups in total. The van der Waals surface area contributed by atoms with Crippen molar-refractivity contribution in [3.63, 3.8) is 0 Å². The third kappa shape index (κ3) is 5.18. The van der Waals surface area contributed by atoms with E-state index in [1.165, 1.54) is 0 Å². The molecule has 4 aromatic rings. The van der Waals surface area contributed by atoms with Crippen molar-refractivity contribution < 1.29 is 39.5 Å². The maximum atomic E-state index is 12.0. The first-order chi connectivity index (χ1) is 14.5. The Bertz CT molecular complexity index is 1160. The number of fused-ring (bicyclic) bond motifs is 1. The van der Waals surface area contributed by atoms with Gasteiger partial charge in [-0.15, -0.1) is 10.2 Å². The van der Waals surface area contributed by atoms with Crippen LogP contribution < -0.4 is 34.7 Å². The molecular weight excluding hydrogens is 401 g/mol. The zero-order valence-electron chi connectivity index (χ0n) is 17.9. The molecule has 0 aliphatic heterocycles. The van der Waals surface area contributed by atoms with Crippen molar-refractivity contribution in [3.05, 3.63) is 78.1 Å². The second-order valence-corrected chi connectivity index (χ2v) is 7.73. The summed E-state index contributed by atoms with van der Waals surface area (Å²) in [6.07, 6.45) is 6.05. The molecule has 8 heteroatoms. The summed E-state index contributed by atoms with van der Waals surface area (Å²) in [5, 5.41) is 20.6. The summed E-state index contributed by atoms with van der Waals surface area (Å²) in [6, 6.07) is 13.4. The van der Waals surface area contributed by atoms with Crippen LogP contribution in [0.25, 0.3) is 16.9 Å². The van der Waals surface area contributed by atoms with Gasteiger partial charge in [0.05, 0.1) is 23.3 Å². The molecule has 0 amide bonds. The van der Waals surface area contributed by atoms with Crippen LogP contribution in [0.4, 0.5) is 0 Å². The second-order valence-electron chi connectivity index (χ2n) is 7.73. The van der Waals surface area contributed by atoms with Gasteiger partial charge in [0.2, 0.25) is 0 Å². The third-order valence-corrected chi connectivity index (χ3v) is 4.92. The summed E-state index contributed by atoms with van der Waals surface area (Å²) in [6.45, 7) is 4.22. The number of aliphatic carboxylic acids is 1. The number of rotatable bonds is 7. The van der Waals surface area contributed by atoms with Crippen LogP contribution in [0.5, 0.6) is 0 Å². The van der Waals surface area contributed by atoms with Crippen molar-refractivity contribution in [1.29, 1.82) is 0 Å². The standard InChI is InChI=1S/C23H23N5O2.Na/c1-15(2)11-19-22-27-26-21(18(23(29)30)12-16-7-6-10-24-13-16)28(22)14-20(25-19)17-8-4-3-5-9-17;/h3-10,13-15,18H,11-12H2,1-2H3,(H,29,30);/q;+1/p-1. The number of carboxylic acids is 1. The Balaban J connectivity index is 0.00000272. The Kier molecular flexibility index (Phi) is 7.54. The summed E-state index contributed by atoms with van der Waals surface area (Å²) < 4.78 is 1.75. The number of carbonyl (C=O) groups is 1. The largest absolute Gasteiger partial charge is 1.00 e. The molecule has 0 fully saturated rings. The predicted molar refractivity (Wildman–Crippen MR) is 110 cm³/mol. The first-order valence-electron chi connectivity index (χ1n) is 9.92. The zero-order chi connectivity index (χ0) is 21.1. The molecule has 0 saturated heterocycles. The van der Waals surface area contributed by atoms with Crippen LogP contribution in [0.15, 0.2) is 61.1 Å². The first kappa shape index (κ1) is 23.1. The van der Waals surface area contributed by atoms with E-state index in [1.807, 2.05) is 42.6 Å². The fraction of sp³-hybridized carbons (Fsp3) is 0.261. The minimum Gasteiger partial charge on any atom is -0.549 e. The summed E-state index contributed by atoms with van der Waals surface area (Å²) in [4.78, 5) is 20.9.